The molecule has 0 aliphatic carbocycles. The van der Waals surface area contributed by atoms with Gasteiger partial charge in [-0.1, -0.05) is 0 Å². The predicted octanol–water partition coefficient (Wildman–Crippen LogP) is 0.255. The Morgan fingerprint density at radius 3 is 2.76 bits per heavy atom. The van der Waals surface area contributed by atoms with Crippen LogP contribution in [0.1, 0.15) is 28.3 Å². The van der Waals surface area contributed by atoms with Crippen molar-refractivity contribution in [2.24, 2.45) is 11.1 Å². The monoisotopic (exact) mass is 313 g/mol. The van der Waals surface area contributed by atoms with Gasteiger partial charge in [0.25, 0.3) is 0 Å². The number of amides is 1. The zero-order valence-corrected chi connectivity index (χ0v) is 12.4. The topological polar surface area (TPSA) is 115 Å². The second kappa shape index (κ2) is 6.97. The van der Waals surface area contributed by atoms with Crippen molar-refractivity contribution in [1.82, 2.24) is 10.3 Å². The summed E-state index contributed by atoms with van der Waals surface area (Å²) in [5, 5.41) is 13.9. The van der Waals surface area contributed by atoms with Gasteiger partial charge in [-0.05, 0) is 12.8 Å². The Balaban J connectivity index is 1.84. The second-order valence-electron chi connectivity index (χ2n) is 5.03. The molecular weight excluding hydrogens is 294 g/mol. The van der Waals surface area contributed by atoms with E-state index in [-0.39, 0.29) is 11.6 Å². The van der Waals surface area contributed by atoms with Crippen molar-refractivity contribution < 1.29 is 19.4 Å². The van der Waals surface area contributed by atoms with Crippen LogP contribution in [-0.4, -0.2) is 48.3 Å². The number of hydrogen-bond acceptors (Lipinski definition) is 6. The third kappa shape index (κ3) is 3.78. The molecule has 21 heavy (non-hydrogen) atoms. The van der Waals surface area contributed by atoms with Crippen LogP contribution in [0.25, 0.3) is 0 Å². The third-order valence-corrected chi connectivity index (χ3v) is 4.63. The number of carboxylic acids is 1. The van der Waals surface area contributed by atoms with Crippen LogP contribution in [0.4, 0.5) is 0 Å². The number of thiazole rings is 1. The van der Waals surface area contributed by atoms with E-state index in [2.05, 4.69) is 10.3 Å². The van der Waals surface area contributed by atoms with Gasteiger partial charge in [-0.3, -0.25) is 4.79 Å². The molecule has 1 aliphatic heterocycles. The number of carboxylic acid groups (broad SMARTS) is 1. The number of carbonyl (C=O) groups excluding carboxylic acids is 1. The maximum Gasteiger partial charge on any atom is 0.355 e. The van der Waals surface area contributed by atoms with E-state index in [1.54, 1.807) is 0 Å². The Kier molecular flexibility index (Phi) is 5.27. The SMILES string of the molecule is NCC1(C(=O)NCCc2nc(C(=O)O)cs2)CCOCC1. The van der Waals surface area contributed by atoms with Crippen molar-refractivity contribution in [2.75, 3.05) is 26.3 Å². The molecule has 0 atom stereocenters. The molecule has 0 radical (unpaired) electrons. The van der Waals surface area contributed by atoms with E-state index in [4.69, 9.17) is 15.6 Å². The van der Waals surface area contributed by atoms with E-state index in [0.717, 1.165) is 0 Å². The maximum atomic E-state index is 12.3. The Bertz CT molecular complexity index is 511. The lowest BCUT2D eigenvalue weighted by Gasteiger charge is -2.34. The zero-order valence-electron chi connectivity index (χ0n) is 11.6. The molecule has 1 amide bonds. The summed E-state index contributed by atoms with van der Waals surface area (Å²) in [6.07, 6.45) is 1.78. The van der Waals surface area contributed by atoms with Crippen LogP contribution in [0, 0.1) is 5.41 Å². The van der Waals surface area contributed by atoms with Gasteiger partial charge in [0.05, 0.1) is 10.4 Å². The van der Waals surface area contributed by atoms with Crippen molar-refractivity contribution in [3.05, 3.63) is 16.1 Å². The summed E-state index contributed by atoms with van der Waals surface area (Å²) in [5.74, 6) is -1.09. The summed E-state index contributed by atoms with van der Waals surface area (Å²) in [5.41, 5.74) is 5.28. The highest BCUT2D eigenvalue weighted by atomic mass is 32.1. The number of rotatable bonds is 6. The highest BCUT2D eigenvalue weighted by Gasteiger charge is 2.38. The van der Waals surface area contributed by atoms with Crippen molar-refractivity contribution >= 4 is 23.2 Å². The fraction of sp³-hybridized carbons (Fsp3) is 0.615. The lowest BCUT2D eigenvalue weighted by molar-refractivity contribution is -0.135. The number of ether oxygens (including phenoxy) is 1. The fourth-order valence-corrected chi connectivity index (χ4v) is 3.05. The lowest BCUT2D eigenvalue weighted by atomic mass is 9.79. The van der Waals surface area contributed by atoms with Gasteiger partial charge in [-0.25, -0.2) is 9.78 Å². The van der Waals surface area contributed by atoms with Crippen LogP contribution in [0.5, 0.6) is 0 Å². The maximum absolute atomic E-state index is 12.3. The largest absolute Gasteiger partial charge is 0.476 e. The van der Waals surface area contributed by atoms with Gasteiger partial charge in [0, 0.05) is 38.1 Å². The molecule has 1 fully saturated rings. The number of hydrogen-bond donors (Lipinski definition) is 3. The molecule has 0 bridgehead atoms. The minimum atomic E-state index is -1.04. The van der Waals surface area contributed by atoms with Crippen LogP contribution in [0.15, 0.2) is 5.38 Å². The standard InChI is InChI=1S/C13H19N3O4S/c14-8-13(2-5-20-6-3-13)12(19)15-4-1-10-16-9(7-21-10)11(17)18/h7H,1-6,8,14H2,(H,15,19)(H,17,18). The average Bonchev–Trinajstić information content (AvgIpc) is 2.97. The van der Waals surface area contributed by atoms with Crippen LogP contribution >= 0.6 is 11.3 Å². The molecule has 2 rings (SSSR count). The molecular formula is C13H19N3O4S. The number of aromatic carboxylic acids is 1. The van der Waals surface area contributed by atoms with Crippen molar-refractivity contribution in [3.8, 4) is 0 Å². The molecule has 7 nitrogen and oxygen atoms in total. The number of nitrogens with zero attached hydrogens (tertiary/aromatic N) is 1. The molecule has 4 N–H and O–H groups in total. The molecule has 0 unspecified atom stereocenters. The first-order chi connectivity index (χ1) is 10.1. The number of carbonyl (C=O) groups is 2. The normalized spacial score (nSPS) is 17.4. The second-order valence-corrected chi connectivity index (χ2v) is 5.98. The van der Waals surface area contributed by atoms with Gasteiger partial charge >= 0.3 is 5.97 Å². The summed E-state index contributed by atoms with van der Waals surface area (Å²) >= 11 is 1.28. The quantitative estimate of drug-likeness (QED) is 0.694. The molecule has 2 heterocycles. The Hall–Kier alpha value is -1.51. The summed E-state index contributed by atoms with van der Waals surface area (Å²) in [4.78, 5) is 27.0. The molecule has 0 saturated carbocycles. The minimum absolute atomic E-state index is 0.0455. The molecule has 8 heteroatoms. The van der Waals surface area contributed by atoms with E-state index < -0.39 is 11.4 Å². The van der Waals surface area contributed by atoms with Crippen LogP contribution < -0.4 is 11.1 Å². The summed E-state index contributed by atoms with van der Waals surface area (Å²) in [6.45, 7) is 1.84. The molecule has 1 saturated heterocycles. The molecule has 1 aromatic rings. The van der Waals surface area contributed by atoms with E-state index >= 15 is 0 Å². The average molecular weight is 313 g/mol. The molecule has 1 aliphatic rings. The Morgan fingerprint density at radius 2 is 2.19 bits per heavy atom. The van der Waals surface area contributed by atoms with Crippen molar-refractivity contribution in [1.29, 1.82) is 0 Å². The first kappa shape index (κ1) is 15.9. The van der Waals surface area contributed by atoms with E-state index in [1.165, 1.54) is 16.7 Å². The minimum Gasteiger partial charge on any atom is -0.476 e. The van der Waals surface area contributed by atoms with Crippen LogP contribution in [0.3, 0.4) is 0 Å². The molecule has 1 aromatic heterocycles. The Morgan fingerprint density at radius 1 is 1.48 bits per heavy atom. The van der Waals surface area contributed by atoms with Gasteiger partial charge in [-0.15, -0.1) is 11.3 Å². The van der Waals surface area contributed by atoms with E-state index in [0.29, 0.717) is 50.6 Å². The zero-order chi connectivity index (χ0) is 15.3. The van der Waals surface area contributed by atoms with Gasteiger partial charge in [0.1, 0.15) is 0 Å². The van der Waals surface area contributed by atoms with Crippen LogP contribution in [-0.2, 0) is 16.0 Å². The van der Waals surface area contributed by atoms with Gasteiger partial charge in [0.2, 0.25) is 5.91 Å². The molecule has 116 valence electrons. The van der Waals surface area contributed by atoms with E-state index in [9.17, 15) is 9.59 Å². The summed E-state index contributed by atoms with van der Waals surface area (Å²) < 4.78 is 5.28. The van der Waals surface area contributed by atoms with Gasteiger partial charge < -0.3 is 20.9 Å². The van der Waals surface area contributed by atoms with Crippen LogP contribution in [0.2, 0.25) is 0 Å². The Labute approximate surface area is 126 Å². The first-order valence-corrected chi connectivity index (χ1v) is 7.69. The third-order valence-electron chi connectivity index (χ3n) is 3.72. The highest BCUT2D eigenvalue weighted by Crippen LogP contribution is 2.29. The molecule has 0 aromatic carbocycles. The number of aromatic nitrogens is 1. The number of nitrogens with one attached hydrogen (secondary N) is 1. The molecule has 0 spiro atoms. The summed E-state index contributed by atoms with van der Waals surface area (Å²) in [7, 11) is 0. The van der Waals surface area contributed by atoms with E-state index in [1.807, 2.05) is 0 Å². The lowest BCUT2D eigenvalue weighted by Crippen LogP contribution is -2.49. The van der Waals surface area contributed by atoms with Crippen molar-refractivity contribution in [2.45, 2.75) is 19.3 Å². The number of nitrogens with two attached hydrogens (primary N) is 1. The fourth-order valence-electron chi connectivity index (χ4n) is 2.28. The highest BCUT2D eigenvalue weighted by molar-refractivity contribution is 7.09. The summed E-state index contributed by atoms with van der Waals surface area (Å²) in [6, 6.07) is 0. The smallest absolute Gasteiger partial charge is 0.355 e. The van der Waals surface area contributed by atoms with Crippen molar-refractivity contribution in [3.63, 3.8) is 0 Å². The van der Waals surface area contributed by atoms with Gasteiger partial charge in [0.15, 0.2) is 5.69 Å². The van der Waals surface area contributed by atoms with Gasteiger partial charge in [-0.2, -0.15) is 0 Å². The first-order valence-electron chi connectivity index (χ1n) is 6.81. The predicted molar refractivity (Wildman–Crippen MR) is 77.3 cm³/mol.